The summed E-state index contributed by atoms with van der Waals surface area (Å²) in [7, 11) is -3.40. The lowest BCUT2D eigenvalue weighted by atomic mass is 10.00. The van der Waals surface area contributed by atoms with Crippen LogP contribution >= 0.6 is 11.3 Å². The zero-order valence-corrected chi connectivity index (χ0v) is 12.9. The van der Waals surface area contributed by atoms with Gasteiger partial charge in [-0.25, -0.2) is 8.42 Å². The lowest BCUT2D eigenvalue weighted by molar-refractivity contribution is 0.129. The fourth-order valence-electron chi connectivity index (χ4n) is 3.29. The second-order valence-corrected chi connectivity index (χ2v) is 8.98. The van der Waals surface area contributed by atoms with Crippen molar-refractivity contribution in [2.24, 2.45) is 17.6 Å². The third kappa shape index (κ3) is 2.42. The predicted molar refractivity (Wildman–Crippen MR) is 78.1 cm³/mol. The van der Waals surface area contributed by atoms with Gasteiger partial charge in [0.25, 0.3) is 10.0 Å². The van der Waals surface area contributed by atoms with Gasteiger partial charge in [0.15, 0.2) is 0 Å². The largest absolute Gasteiger partial charge is 0.393 e. The van der Waals surface area contributed by atoms with Crippen molar-refractivity contribution in [3.05, 3.63) is 17.0 Å². The topological polar surface area (TPSA) is 83.6 Å². The monoisotopic (exact) mass is 316 g/mol. The van der Waals surface area contributed by atoms with Crippen molar-refractivity contribution < 1.29 is 13.5 Å². The summed E-state index contributed by atoms with van der Waals surface area (Å²) >= 11 is 1.31. The fraction of sp³-hybridized carbons (Fsp3) is 0.692. The Morgan fingerprint density at radius 2 is 2.15 bits per heavy atom. The van der Waals surface area contributed by atoms with Crippen LogP contribution in [0.3, 0.4) is 0 Å². The Morgan fingerprint density at radius 3 is 2.85 bits per heavy atom. The van der Waals surface area contributed by atoms with Gasteiger partial charge >= 0.3 is 0 Å². The van der Waals surface area contributed by atoms with Gasteiger partial charge in [-0.15, -0.1) is 11.3 Å². The number of hydrogen-bond donors (Lipinski definition) is 2. The lowest BCUT2D eigenvalue weighted by Gasteiger charge is -2.17. The molecule has 3 N–H and O–H groups in total. The Bertz CT molecular complexity index is 584. The summed E-state index contributed by atoms with van der Waals surface area (Å²) in [6.07, 6.45) is 2.12. The zero-order valence-electron chi connectivity index (χ0n) is 11.2. The van der Waals surface area contributed by atoms with Crippen molar-refractivity contribution in [1.82, 2.24) is 4.31 Å². The van der Waals surface area contributed by atoms with Crippen LogP contribution in [0.15, 0.2) is 16.3 Å². The zero-order chi connectivity index (χ0) is 14.3. The molecule has 3 atom stereocenters. The summed E-state index contributed by atoms with van der Waals surface area (Å²) in [6.45, 7) is 1.53. The molecule has 0 radical (unpaired) electrons. The average Bonchev–Trinajstić information content (AvgIpc) is 3.08. The summed E-state index contributed by atoms with van der Waals surface area (Å²) in [5.74, 6) is 0.441. The normalized spacial score (nSPS) is 30.8. The molecule has 3 rings (SSSR count). The Morgan fingerprint density at radius 1 is 1.35 bits per heavy atom. The van der Waals surface area contributed by atoms with E-state index < -0.39 is 10.0 Å². The maximum Gasteiger partial charge on any atom is 0.252 e. The molecule has 20 heavy (non-hydrogen) atoms. The smallest absolute Gasteiger partial charge is 0.252 e. The lowest BCUT2D eigenvalue weighted by Crippen LogP contribution is -2.30. The minimum absolute atomic E-state index is 0.119. The second kappa shape index (κ2) is 5.38. The number of hydrogen-bond acceptors (Lipinski definition) is 5. The second-order valence-electron chi connectivity index (χ2n) is 5.65. The van der Waals surface area contributed by atoms with Gasteiger partial charge in [0.2, 0.25) is 0 Å². The molecule has 1 aliphatic heterocycles. The van der Waals surface area contributed by atoms with Crippen molar-refractivity contribution in [2.45, 2.75) is 29.6 Å². The van der Waals surface area contributed by atoms with Gasteiger partial charge in [-0.05, 0) is 43.9 Å². The number of sulfonamides is 1. The third-order valence-electron chi connectivity index (χ3n) is 4.41. The SMILES string of the molecule is NCCc1ccc(S(=O)(=O)N2CC3CCC(O)C3C2)s1. The maximum atomic E-state index is 12.6. The van der Waals surface area contributed by atoms with Gasteiger partial charge in [0.05, 0.1) is 6.10 Å². The molecule has 2 aliphatic rings. The van der Waals surface area contributed by atoms with E-state index >= 15 is 0 Å². The van der Waals surface area contributed by atoms with Gasteiger partial charge in [0, 0.05) is 23.9 Å². The van der Waals surface area contributed by atoms with Gasteiger partial charge in [-0.1, -0.05) is 0 Å². The standard InChI is InChI=1S/C13H20N2O3S2/c14-6-5-10-2-4-13(19-10)20(17,18)15-7-9-1-3-12(16)11(9)8-15/h2,4,9,11-12,16H,1,3,5-8,14H2. The van der Waals surface area contributed by atoms with Crippen LogP contribution in [0.25, 0.3) is 0 Å². The number of aliphatic hydroxyl groups is 1. The first-order valence-corrected chi connectivity index (χ1v) is 9.25. The molecule has 0 aromatic carbocycles. The molecular weight excluding hydrogens is 296 g/mol. The van der Waals surface area contributed by atoms with Gasteiger partial charge in [-0.3, -0.25) is 0 Å². The van der Waals surface area contributed by atoms with E-state index in [0.717, 1.165) is 17.7 Å². The summed E-state index contributed by atoms with van der Waals surface area (Å²) in [5, 5.41) is 9.89. The number of nitrogens with zero attached hydrogens (tertiary/aromatic N) is 1. The molecular formula is C13H20N2O3S2. The molecule has 7 heteroatoms. The molecule has 1 aromatic heterocycles. The van der Waals surface area contributed by atoms with Crippen LogP contribution in [0.4, 0.5) is 0 Å². The van der Waals surface area contributed by atoms with Crippen molar-refractivity contribution >= 4 is 21.4 Å². The first-order valence-electron chi connectivity index (χ1n) is 6.99. The minimum atomic E-state index is -3.40. The van der Waals surface area contributed by atoms with Crippen LogP contribution in [0.2, 0.25) is 0 Å². The number of thiophene rings is 1. The highest BCUT2D eigenvalue weighted by Gasteiger charge is 2.45. The van der Waals surface area contributed by atoms with Crippen LogP contribution < -0.4 is 5.73 Å². The molecule has 0 bridgehead atoms. The van der Waals surface area contributed by atoms with Gasteiger partial charge in [-0.2, -0.15) is 4.31 Å². The van der Waals surface area contributed by atoms with Gasteiger partial charge in [0.1, 0.15) is 4.21 Å². The first-order chi connectivity index (χ1) is 9.52. The van der Waals surface area contributed by atoms with E-state index in [2.05, 4.69) is 0 Å². The molecule has 3 unspecified atom stereocenters. The third-order valence-corrected chi connectivity index (χ3v) is 7.85. The van der Waals surface area contributed by atoms with Crippen molar-refractivity contribution in [1.29, 1.82) is 0 Å². The summed E-state index contributed by atoms with van der Waals surface area (Å²) < 4.78 is 27.2. The number of nitrogens with two attached hydrogens (primary N) is 1. The molecule has 5 nitrogen and oxygen atoms in total. The molecule has 2 fully saturated rings. The van der Waals surface area contributed by atoms with E-state index in [1.807, 2.05) is 6.07 Å². The van der Waals surface area contributed by atoms with Crippen molar-refractivity contribution in [3.63, 3.8) is 0 Å². The number of aliphatic hydroxyl groups excluding tert-OH is 1. The maximum absolute atomic E-state index is 12.6. The van der Waals surface area contributed by atoms with E-state index in [0.29, 0.717) is 36.2 Å². The highest BCUT2D eigenvalue weighted by Crippen LogP contribution is 2.40. The van der Waals surface area contributed by atoms with E-state index in [1.54, 1.807) is 10.4 Å². The summed E-state index contributed by atoms with van der Waals surface area (Å²) in [6, 6.07) is 3.52. The highest BCUT2D eigenvalue weighted by molar-refractivity contribution is 7.91. The molecule has 1 saturated heterocycles. The Hall–Kier alpha value is -0.470. The molecule has 0 spiro atoms. The van der Waals surface area contributed by atoms with E-state index in [-0.39, 0.29) is 12.0 Å². The molecule has 112 valence electrons. The average molecular weight is 316 g/mol. The summed E-state index contributed by atoms with van der Waals surface area (Å²) in [4.78, 5) is 1.01. The molecule has 1 aromatic rings. The molecule has 1 saturated carbocycles. The predicted octanol–water partition coefficient (Wildman–Crippen LogP) is 0.641. The highest BCUT2D eigenvalue weighted by atomic mass is 32.2. The fourth-order valence-corrected chi connectivity index (χ4v) is 6.35. The van der Waals surface area contributed by atoms with Crippen LogP contribution in [-0.2, 0) is 16.4 Å². The van der Waals surface area contributed by atoms with Crippen LogP contribution in [0.5, 0.6) is 0 Å². The number of fused-ring (bicyclic) bond motifs is 1. The van der Waals surface area contributed by atoms with Crippen LogP contribution in [0.1, 0.15) is 17.7 Å². The minimum Gasteiger partial charge on any atom is -0.393 e. The molecule has 1 aliphatic carbocycles. The van der Waals surface area contributed by atoms with Crippen molar-refractivity contribution in [2.75, 3.05) is 19.6 Å². The van der Waals surface area contributed by atoms with E-state index in [1.165, 1.54) is 11.3 Å². The Kier molecular flexibility index (Phi) is 3.89. The Labute approximate surface area is 123 Å². The quantitative estimate of drug-likeness (QED) is 0.854. The first kappa shape index (κ1) is 14.5. The van der Waals surface area contributed by atoms with Gasteiger partial charge < -0.3 is 10.8 Å². The number of rotatable bonds is 4. The van der Waals surface area contributed by atoms with Crippen LogP contribution in [-0.4, -0.2) is 43.6 Å². The molecule has 2 heterocycles. The van der Waals surface area contributed by atoms with E-state index in [9.17, 15) is 13.5 Å². The Balaban J connectivity index is 1.78. The molecule has 0 amide bonds. The van der Waals surface area contributed by atoms with Crippen LogP contribution in [0, 0.1) is 11.8 Å². The van der Waals surface area contributed by atoms with E-state index in [4.69, 9.17) is 5.73 Å². The summed E-state index contributed by atoms with van der Waals surface area (Å²) in [5.41, 5.74) is 5.50. The van der Waals surface area contributed by atoms with Crippen molar-refractivity contribution in [3.8, 4) is 0 Å².